The third-order valence-corrected chi connectivity index (χ3v) is 5.20. The highest BCUT2D eigenvalue weighted by Gasteiger charge is 2.26. The standard InChI is InChI=1S/C14H11NS.C4H5NO2S.C2H6/c1-10-15-14(9-16-10)13-7-6-11-4-2-3-5-12(11)8-13;1-2-3(6)5-4(7)8-2;1-2/h2-9H,1H3;2H,1H3,(H,5,6,7);1-2H3. The number of benzene rings is 2. The van der Waals surface area contributed by atoms with Crippen molar-refractivity contribution in [1.29, 1.82) is 0 Å². The Labute approximate surface area is 162 Å². The maximum atomic E-state index is 10.4. The smallest absolute Gasteiger partial charge is 0.286 e. The monoisotopic (exact) mass is 386 g/mol. The van der Waals surface area contributed by atoms with Crippen molar-refractivity contribution in [1.82, 2.24) is 10.3 Å². The molecule has 136 valence electrons. The summed E-state index contributed by atoms with van der Waals surface area (Å²) in [6.45, 7) is 7.74. The number of thioether (sulfide) groups is 1. The number of thiazole rings is 1. The van der Waals surface area contributed by atoms with Gasteiger partial charge in [-0.3, -0.25) is 14.9 Å². The van der Waals surface area contributed by atoms with Gasteiger partial charge in [-0.15, -0.1) is 11.3 Å². The number of amides is 2. The number of nitrogens with one attached hydrogen (secondary N) is 1. The van der Waals surface area contributed by atoms with Crippen LogP contribution in [0.3, 0.4) is 0 Å². The van der Waals surface area contributed by atoms with Crippen LogP contribution in [-0.2, 0) is 4.79 Å². The summed E-state index contributed by atoms with van der Waals surface area (Å²) < 4.78 is 0. The Morgan fingerprint density at radius 2 is 1.73 bits per heavy atom. The second-order valence-electron chi connectivity index (χ2n) is 5.35. The Bertz CT molecular complexity index is 905. The Morgan fingerprint density at radius 1 is 1.04 bits per heavy atom. The molecule has 1 N–H and O–H groups in total. The third kappa shape index (κ3) is 5.16. The quantitative estimate of drug-likeness (QED) is 0.586. The van der Waals surface area contributed by atoms with Gasteiger partial charge in [0.25, 0.3) is 5.24 Å². The molecule has 0 spiro atoms. The molecule has 0 aliphatic carbocycles. The van der Waals surface area contributed by atoms with Gasteiger partial charge in [-0.25, -0.2) is 4.98 Å². The van der Waals surface area contributed by atoms with E-state index < -0.39 is 0 Å². The molecule has 2 amide bonds. The lowest BCUT2D eigenvalue weighted by Crippen LogP contribution is -2.22. The van der Waals surface area contributed by atoms with E-state index >= 15 is 0 Å². The Balaban J connectivity index is 0.000000206. The number of carbonyl (C=O) groups excluding carboxylic acids is 2. The molecule has 1 aliphatic rings. The van der Waals surface area contributed by atoms with E-state index in [2.05, 4.69) is 58.1 Å². The number of fused-ring (bicyclic) bond motifs is 1. The van der Waals surface area contributed by atoms with E-state index in [-0.39, 0.29) is 16.4 Å². The zero-order valence-electron chi connectivity index (χ0n) is 15.3. The molecule has 4 rings (SSSR count). The number of hydrogen-bond acceptors (Lipinski definition) is 5. The Kier molecular flexibility index (Phi) is 7.36. The fourth-order valence-electron chi connectivity index (χ4n) is 2.29. The van der Waals surface area contributed by atoms with Crippen LogP contribution in [0, 0.1) is 6.92 Å². The first-order valence-corrected chi connectivity index (χ1v) is 10.2. The molecule has 1 fully saturated rings. The zero-order valence-corrected chi connectivity index (χ0v) is 16.9. The van der Waals surface area contributed by atoms with Gasteiger partial charge in [0.15, 0.2) is 0 Å². The maximum absolute atomic E-state index is 10.4. The number of rotatable bonds is 1. The summed E-state index contributed by atoms with van der Waals surface area (Å²) in [5, 5.41) is 7.50. The highest BCUT2D eigenvalue weighted by atomic mass is 32.2. The lowest BCUT2D eigenvalue weighted by atomic mass is 10.1. The van der Waals surface area contributed by atoms with Crippen LogP contribution in [0.5, 0.6) is 0 Å². The highest BCUT2D eigenvalue weighted by molar-refractivity contribution is 8.15. The van der Waals surface area contributed by atoms with E-state index in [0.29, 0.717) is 0 Å². The third-order valence-electron chi connectivity index (χ3n) is 3.54. The van der Waals surface area contributed by atoms with Crippen molar-refractivity contribution in [3.05, 3.63) is 52.9 Å². The predicted molar refractivity (Wildman–Crippen MR) is 112 cm³/mol. The second-order valence-corrected chi connectivity index (χ2v) is 7.73. The predicted octanol–water partition coefficient (Wildman–Crippen LogP) is 5.66. The van der Waals surface area contributed by atoms with Crippen molar-refractivity contribution in [2.75, 3.05) is 0 Å². The van der Waals surface area contributed by atoms with Crippen molar-refractivity contribution < 1.29 is 9.59 Å². The van der Waals surface area contributed by atoms with Gasteiger partial charge in [0.1, 0.15) is 0 Å². The summed E-state index contributed by atoms with van der Waals surface area (Å²) in [5.74, 6) is -0.181. The summed E-state index contributed by atoms with van der Waals surface area (Å²) in [6, 6.07) is 14.9. The molecule has 4 nitrogen and oxygen atoms in total. The van der Waals surface area contributed by atoms with E-state index in [4.69, 9.17) is 0 Å². The van der Waals surface area contributed by atoms with Crippen molar-refractivity contribution >= 4 is 45.0 Å². The molecule has 0 bridgehead atoms. The summed E-state index contributed by atoms with van der Waals surface area (Å²) in [6.07, 6.45) is 0. The Hall–Kier alpha value is -2.18. The molecule has 26 heavy (non-hydrogen) atoms. The maximum Gasteiger partial charge on any atom is 0.286 e. The summed E-state index contributed by atoms with van der Waals surface area (Å²) in [7, 11) is 0. The topological polar surface area (TPSA) is 59.1 Å². The normalized spacial score (nSPS) is 15.6. The van der Waals surface area contributed by atoms with Crippen LogP contribution in [0.1, 0.15) is 25.8 Å². The van der Waals surface area contributed by atoms with Crippen LogP contribution in [-0.4, -0.2) is 21.4 Å². The van der Waals surface area contributed by atoms with Gasteiger partial charge >= 0.3 is 0 Å². The van der Waals surface area contributed by atoms with Crippen LogP contribution in [0.25, 0.3) is 22.0 Å². The average molecular weight is 387 g/mol. The molecular formula is C20H22N2O2S2. The Morgan fingerprint density at radius 3 is 2.23 bits per heavy atom. The number of nitrogens with zero attached hydrogens (tertiary/aromatic N) is 1. The van der Waals surface area contributed by atoms with Gasteiger partial charge < -0.3 is 0 Å². The SMILES string of the molecule is CC.CC1SC(=O)NC1=O.Cc1nc(-c2ccc3ccccc3c2)cs1. The fraction of sp³-hybridized carbons (Fsp3) is 0.250. The average Bonchev–Trinajstić information content (AvgIpc) is 3.21. The van der Waals surface area contributed by atoms with Gasteiger partial charge in [-0.1, -0.05) is 62.0 Å². The van der Waals surface area contributed by atoms with Crippen molar-refractivity contribution in [2.45, 2.75) is 32.9 Å². The van der Waals surface area contributed by atoms with Crippen LogP contribution < -0.4 is 5.32 Å². The largest absolute Gasteiger partial charge is 0.286 e. The summed E-state index contributed by atoms with van der Waals surface area (Å²) >= 11 is 2.72. The van der Waals surface area contributed by atoms with Gasteiger partial charge in [0.2, 0.25) is 5.91 Å². The number of hydrogen-bond donors (Lipinski definition) is 1. The van der Waals surface area contributed by atoms with Gasteiger partial charge in [-0.05, 0) is 30.7 Å². The minimum absolute atomic E-state index is 0.181. The van der Waals surface area contributed by atoms with E-state index in [1.807, 2.05) is 20.8 Å². The summed E-state index contributed by atoms with van der Waals surface area (Å²) in [4.78, 5) is 25.2. The number of aromatic nitrogens is 1. The number of imide groups is 1. The number of carbonyl (C=O) groups is 2. The van der Waals surface area contributed by atoms with E-state index in [0.717, 1.165) is 22.5 Å². The van der Waals surface area contributed by atoms with Gasteiger partial charge in [-0.2, -0.15) is 0 Å². The lowest BCUT2D eigenvalue weighted by Gasteiger charge is -2.00. The van der Waals surface area contributed by atoms with Crippen LogP contribution in [0.2, 0.25) is 0 Å². The highest BCUT2D eigenvalue weighted by Crippen LogP contribution is 2.25. The minimum atomic E-state index is -0.234. The molecule has 1 atom stereocenters. The van der Waals surface area contributed by atoms with Crippen molar-refractivity contribution in [2.24, 2.45) is 0 Å². The molecule has 1 unspecified atom stereocenters. The fourth-order valence-corrected chi connectivity index (χ4v) is 3.56. The van der Waals surface area contributed by atoms with E-state index in [1.165, 1.54) is 16.3 Å². The zero-order chi connectivity index (χ0) is 19.1. The first-order valence-electron chi connectivity index (χ1n) is 8.46. The molecule has 2 heterocycles. The first-order chi connectivity index (χ1) is 12.5. The molecule has 1 aliphatic heterocycles. The number of aryl methyl sites for hydroxylation is 1. The second kappa shape index (κ2) is 9.50. The first kappa shape index (κ1) is 20.1. The molecule has 6 heteroatoms. The van der Waals surface area contributed by atoms with Crippen LogP contribution >= 0.6 is 23.1 Å². The molecular weight excluding hydrogens is 364 g/mol. The molecule has 0 radical (unpaired) electrons. The molecule has 3 aromatic rings. The van der Waals surface area contributed by atoms with Gasteiger partial charge in [0, 0.05) is 10.9 Å². The van der Waals surface area contributed by atoms with Crippen molar-refractivity contribution in [3.8, 4) is 11.3 Å². The van der Waals surface area contributed by atoms with Gasteiger partial charge in [0.05, 0.1) is 16.0 Å². The van der Waals surface area contributed by atoms with E-state index in [9.17, 15) is 9.59 Å². The molecule has 1 aromatic heterocycles. The molecule has 2 aromatic carbocycles. The molecule has 1 saturated heterocycles. The van der Waals surface area contributed by atoms with Crippen LogP contribution in [0.4, 0.5) is 4.79 Å². The van der Waals surface area contributed by atoms with E-state index in [1.54, 1.807) is 18.3 Å². The summed E-state index contributed by atoms with van der Waals surface area (Å²) in [5.41, 5.74) is 2.27. The van der Waals surface area contributed by atoms with Crippen LogP contribution in [0.15, 0.2) is 47.8 Å². The molecule has 0 saturated carbocycles. The van der Waals surface area contributed by atoms with Crippen molar-refractivity contribution in [3.63, 3.8) is 0 Å². The minimum Gasteiger partial charge on any atom is -0.286 e. The lowest BCUT2D eigenvalue weighted by molar-refractivity contribution is -0.118.